The summed E-state index contributed by atoms with van der Waals surface area (Å²) in [6, 6.07) is 17.9. The van der Waals surface area contributed by atoms with Gasteiger partial charge in [-0.3, -0.25) is 9.59 Å². The van der Waals surface area contributed by atoms with Crippen molar-refractivity contribution < 1.29 is 14.0 Å². The molecule has 0 unspecified atom stereocenters. The van der Waals surface area contributed by atoms with Crippen molar-refractivity contribution in [1.29, 1.82) is 0 Å². The Morgan fingerprint density at radius 3 is 2.20 bits per heavy atom. The Balaban J connectivity index is 1.84. The van der Waals surface area contributed by atoms with Gasteiger partial charge in [0.1, 0.15) is 11.5 Å². The Morgan fingerprint density at radius 2 is 1.53 bits per heavy atom. The molecule has 1 aliphatic rings. The van der Waals surface area contributed by atoms with Crippen LogP contribution in [-0.2, 0) is 9.59 Å². The fourth-order valence-corrected chi connectivity index (χ4v) is 3.49. The third-order valence-electron chi connectivity index (χ3n) is 4.97. The van der Waals surface area contributed by atoms with Crippen molar-refractivity contribution in [3.05, 3.63) is 100.0 Å². The molecule has 6 heteroatoms. The number of halogens is 2. The topological polar surface area (TPSA) is 49.4 Å². The summed E-state index contributed by atoms with van der Waals surface area (Å²) in [5, 5.41) is 3.62. The molecule has 0 bridgehead atoms. The Kier molecular flexibility index (Phi) is 5.14. The van der Waals surface area contributed by atoms with Gasteiger partial charge in [-0.1, -0.05) is 47.5 Å². The average molecular weight is 421 g/mol. The molecule has 0 spiro atoms. The summed E-state index contributed by atoms with van der Waals surface area (Å²) in [6.45, 7) is 3.82. The second-order valence-electron chi connectivity index (χ2n) is 7.12. The van der Waals surface area contributed by atoms with Crippen LogP contribution in [0.2, 0.25) is 5.02 Å². The van der Waals surface area contributed by atoms with Crippen molar-refractivity contribution in [1.82, 2.24) is 0 Å². The van der Waals surface area contributed by atoms with E-state index in [0.717, 1.165) is 16.0 Å². The summed E-state index contributed by atoms with van der Waals surface area (Å²) in [5.41, 5.74) is 3.86. The van der Waals surface area contributed by atoms with Crippen molar-refractivity contribution >= 4 is 40.4 Å². The molecule has 1 aliphatic heterocycles. The quantitative estimate of drug-likeness (QED) is 0.567. The van der Waals surface area contributed by atoms with Crippen molar-refractivity contribution in [3.63, 3.8) is 0 Å². The summed E-state index contributed by atoms with van der Waals surface area (Å²) in [7, 11) is 0. The van der Waals surface area contributed by atoms with E-state index in [2.05, 4.69) is 5.32 Å². The van der Waals surface area contributed by atoms with E-state index in [9.17, 15) is 14.0 Å². The Hall–Kier alpha value is -3.44. The average Bonchev–Trinajstić information content (AvgIpc) is 2.96. The number of carbonyl (C=O) groups excluding carboxylic acids is 2. The molecule has 4 rings (SSSR count). The zero-order chi connectivity index (χ0) is 21.4. The van der Waals surface area contributed by atoms with Crippen LogP contribution in [0, 0.1) is 19.7 Å². The van der Waals surface area contributed by atoms with Gasteiger partial charge in [-0.05, 0) is 61.4 Å². The van der Waals surface area contributed by atoms with Crippen molar-refractivity contribution in [2.24, 2.45) is 0 Å². The predicted molar refractivity (Wildman–Crippen MR) is 117 cm³/mol. The zero-order valence-electron chi connectivity index (χ0n) is 16.4. The van der Waals surface area contributed by atoms with Gasteiger partial charge in [-0.25, -0.2) is 9.29 Å². The first kappa shape index (κ1) is 19.9. The number of benzene rings is 3. The number of hydrogen-bond acceptors (Lipinski definition) is 3. The summed E-state index contributed by atoms with van der Waals surface area (Å²) >= 11 is 6.12. The van der Waals surface area contributed by atoms with Gasteiger partial charge in [0, 0.05) is 10.7 Å². The molecule has 3 aromatic carbocycles. The second kappa shape index (κ2) is 7.76. The first-order chi connectivity index (χ1) is 14.3. The van der Waals surface area contributed by atoms with Crippen molar-refractivity contribution in [3.8, 4) is 0 Å². The van der Waals surface area contributed by atoms with Crippen LogP contribution < -0.4 is 10.2 Å². The van der Waals surface area contributed by atoms with E-state index in [1.165, 1.54) is 24.3 Å². The lowest BCUT2D eigenvalue weighted by Gasteiger charge is -2.15. The largest absolute Gasteiger partial charge is 0.350 e. The molecule has 4 nitrogen and oxygen atoms in total. The minimum atomic E-state index is -0.512. The third-order valence-corrected chi connectivity index (χ3v) is 5.20. The van der Waals surface area contributed by atoms with Crippen LogP contribution in [0.15, 0.2) is 72.4 Å². The minimum absolute atomic E-state index is 0.151. The summed E-state index contributed by atoms with van der Waals surface area (Å²) in [4.78, 5) is 27.7. The Bertz CT molecular complexity index is 1180. The molecule has 1 N–H and O–H groups in total. The van der Waals surface area contributed by atoms with Crippen LogP contribution in [0.25, 0.3) is 5.57 Å². The van der Waals surface area contributed by atoms with Crippen LogP contribution in [0.5, 0.6) is 0 Å². The van der Waals surface area contributed by atoms with E-state index in [0.29, 0.717) is 22.0 Å². The molecule has 0 aliphatic carbocycles. The number of carbonyl (C=O) groups is 2. The monoisotopic (exact) mass is 420 g/mol. The highest BCUT2D eigenvalue weighted by Crippen LogP contribution is 2.34. The van der Waals surface area contributed by atoms with E-state index in [4.69, 9.17) is 11.6 Å². The van der Waals surface area contributed by atoms with E-state index in [1.807, 2.05) is 32.0 Å². The number of nitrogens with one attached hydrogen (secondary N) is 1. The van der Waals surface area contributed by atoms with Crippen molar-refractivity contribution in [2.45, 2.75) is 13.8 Å². The van der Waals surface area contributed by atoms with Gasteiger partial charge in [0.2, 0.25) is 0 Å². The van der Waals surface area contributed by atoms with Crippen LogP contribution in [0.3, 0.4) is 0 Å². The molecule has 0 fully saturated rings. The number of amides is 2. The summed E-state index contributed by atoms with van der Waals surface area (Å²) < 4.78 is 13.4. The second-order valence-corrected chi connectivity index (χ2v) is 7.56. The fourth-order valence-electron chi connectivity index (χ4n) is 3.32. The van der Waals surface area contributed by atoms with Gasteiger partial charge in [0.15, 0.2) is 0 Å². The van der Waals surface area contributed by atoms with E-state index in [1.54, 1.807) is 24.3 Å². The SMILES string of the molecule is Cc1ccc(C2=C(Nc3cc(Cl)ccc3C)C(=O)N(c3ccc(F)cc3)C2=O)cc1. The third kappa shape index (κ3) is 3.60. The number of imide groups is 1. The minimum Gasteiger partial charge on any atom is -0.350 e. The van der Waals surface area contributed by atoms with Crippen LogP contribution in [0.1, 0.15) is 16.7 Å². The first-order valence-electron chi connectivity index (χ1n) is 9.34. The number of aryl methyl sites for hydroxylation is 2. The highest BCUT2D eigenvalue weighted by atomic mass is 35.5. The normalized spacial score (nSPS) is 13.9. The van der Waals surface area contributed by atoms with E-state index < -0.39 is 17.6 Å². The maximum absolute atomic E-state index is 13.4. The molecule has 0 atom stereocenters. The smallest absolute Gasteiger partial charge is 0.282 e. The van der Waals surface area contributed by atoms with Gasteiger partial charge in [0.25, 0.3) is 11.8 Å². The maximum atomic E-state index is 13.4. The summed E-state index contributed by atoms with van der Waals surface area (Å²) in [6.07, 6.45) is 0. The van der Waals surface area contributed by atoms with E-state index in [-0.39, 0.29) is 11.3 Å². The van der Waals surface area contributed by atoms with Gasteiger partial charge >= 0.3 is 0 Å². The molecule has 1 heterocycles. The van der Waals surface area contributed by atoms with Crippen molar-refractivity contribution in [2.75, 3.05) is 10.2 Å². The lowest BCUT2D eigenvalue weighted by atomic mass is 10.0. The lowest BCUT2D eigenvalue weighted by molar-refractivity contribution is -0.120. The molecule has 150 valence electrons. The fraction of sp³-hybridized carbons (Fsp3) is 0.0833. The van der Waals surface area contributed by atoms with Crippen LogP contribution >= 0.6 is 11.6 Å². The molecule has 0 aromatic heterocycles. The molecule has 3 aromatic rings. The number of rotatable bonds is 4. The maximum Gasteiger partial charge on any atom is 0.282 e. The van der Waals surface area contributed by atoms with Gasteiger partial charge in [-0.2, -0.15) is 0 Å². The van der Waals surface area contributed by atoms with Gasteiger partial charge < -0.3 is 5.32 Å². The number of nitrogens with zero attached hydrogens (tertiary/aromatic N) is 1. The predicted octanol–water partition coefficient (Wildman–Crippen LogP) is 5.49. The molecular formula is C24H18ClFN2O2. The molecule has 0 radical (unpaired) electrons. The van der Waals surface area contributed by atoms with Crippen LogP contribution in [-0.4, -0.2) is 11.8 Å². The first-order valence-corrected chi connectivity index (χ1v) is 9.72. The van der Waals surface area contributed by atoms with Crippen LogP contribution in [0.4, 0.5) is 15.8 Å². The lowest BCUT2D eigenvalue weighted by Crippen LogP contribution is -2.32. The molecule has 0 saturated carbocycles. The zero-order valence-corrected chi connectivity index (χ0v) is 17.1. The molecule has 30 heavy (non-hydrogen) atoms. The Morgan fingerprint density at radius 1 is 0.867 bits per heavy atom. The number of hydrogen-bond donors (Lipinski definition) is 1. The van der Waals surface area contributed by atoms with E-state index >= 15 is 0 Å². The van der Waals surface area contributed by atoms with Gasteiger partial charge in [0.05, 0.1) is 11.3 Å². The molecule has 0 saturated heterocycles. The Labute approximate surface area is 178 Å². The van der Waals surface area contributed by atoms with Gasteiger partial charge in [-0.15, -0.1) is 0 Å². The number of anilines is 2. The standard InChI is InChI=1S/C24H18ClFN2O2/c1-14-3-6-16(7-4-14)21-22(27-20-13-17(25)8-5-15(20)2)24(30)28(23(21)29)19-11-9-18(26)10-12-19/h3-13,27H,1-2H3. The highest BCUT2D eigenvalue weighted by Gasteiger charge is 2.40. The molecule has 2 amide bonds. The highest BCUT2D eigenvalue weighted by molar-refractivity contribution is 6.46. The summed E-state index contributed by atoms with van der Waals surface area (Å²) in [5.74, 6) is -1.43. The molecular weight excluding hydrogens is 403 g/mol.